The predicted octanol–water partition coefficient (Wildman–Crippen LogP) is 3.26. The van der Waals surface area contributed by atoms with Crippen LogP contribution in [0.15, 0.2) is 29.4 Å². The number of halogens is 1. The van der Waals surface area contributed by atoms with Gasteiger partial charge in [0, 0.05) is 11.7 Å². The molecule has 7 heteroatoms. The first-order valence-corrected chi connectivity index (χ1v) is 9.22. The zero-order valence-electron chi connectivity index (χ0n) is 13.7. The van der Waals surface area contributed by atoms with Crippen molar-refractivity contribution in [3.63, 3.8) is 0 Å². The molecule has 1 aromatic carbocycles. The van der Waals surface area contributed by atoms with Crippen LogP contribution in [0.1, 0.15) is 37.9 Å². The largest absolute Gasteiger partial charge is 0.353 e. The van der Waals surface area contributed by atoms with Crippen molar-refractivity contribution in [2.24, 2.45) is 0 Å². The molecule has 1 amide bonds. The number of hydrogen-bond acceptors (Lipinski definition) is 4. The van der Waals surface area contributed by atoms with Crippen LogP contribution in [0.25, 0.3) is 5.69 Å². The van der Waals surface area contributed by atoms with Gasteiger partial charge in [0.2, 0.25) is 5.91 Å². The van der Waals surface area contributed by atoms with E-state index in [4.69, 9.17) is 0 Å². The summed E-state index contributed by atoms with van der Waals surface area (Å²) < 4.78 is 14.9. The minimum Gasteiger partial charge on any atom is -0.353 e. The van der Waals surface area contributed by atoms with Crippen LogP contribution in [0.5, 0.6) is 0 Å². The van der Waals surface area contributed by atoms with Crippen molar-refractivity contribution in [3.8, 4) is 5.69 Å². The van der Waals surface area contributed by atoms with E-state index in [1.165, 1.54) is 43.2 Å². The van der Waals surface area contributed by atoms with E-state index in [-0.39, 0.29) is 11.7 Å². The molecular weight excluding hydrogens is 327 g/mol. The molecule has 24 heavy (non-hydrogen) atoms. The van der Waals surface area contributed by atoms with E-state index in [1.807, 2.05) is 11.5 Å². The van der Waals surface area contributed by atoms with Gasteiger partial charge in [0.05, 0.1) is 5.75 Å². The Balaban J connectivity index is 1.63. The molecule has 3 rings (SSSR count). The Morgan fingerprint density at radius 1 is 1.25 bits per heavy atom. The van der Waals surface area contributed by atoms with E-state index in [0.29, 0.717) is 22.8 Å². The second kappa shape index (κ2) is 7.79. The number of hydrogen-bond donors (Lipinski definition) is 1. The summed E-state index contributed by atoms with van der Waals surface area (Å²) in [6.45, 7) is 1.84. The molecule has 128 valence electrons. The lowest BCUT2D eigenvalue weighted by atomic mass is 9.95. The first kappa shape index (κ1) is 17.0. The minimum atomic E-state index is -0.287. The minimum absolute atomic E-state index is 0.0261. The van der Waals surface area contributed by atoms with Gasteiger partial charge in [-0.3, -0.25) is 9.36 Å². The van der Waals surface area contributed by atoms with Gasteiger partial charge >= 0.3 is 0 Å². The van der Waals surface area contributed by atoms with E-state index >= 15 is 0 Å². The van der Waals surface area contributed by atoms with Gasteiger partial charge in [0.15, 0.2) is 5.16 Å². The topological polar surface area (TPSA) is 59.8 Å². The average Bonchev–Trinajstić information content (AvgIpc) is 2.95. The van der Waals surface area contributed by atoms with Crippen molar-refractivity contribution >= 4 is 17.7 Å². The lowest BCUT2D eigenvalue weighted by Gasteiger charge is -2.22. The van der Waals surface area contributed by atoms with Crippen molar-refractivity contribution in [3.05, 3.63) is 35.9 Å². The van der Waals surface area contributed by atoms with Crippen LogP contribution in [0.3, 0.4) is 0 Å². The first-order chi connectivity index (χ1) is 11.6. The van der Waals surface area contributed by atoms with Crippen LogP contribution < -0.4 is 5.32 Å². The van der Waals surface area contributed by atoms with Crippen molar-refractivity contribution in [1.82, 2.24) is 20.1 Å². The Bertz CT molecular complexity index is 695. The maximum atomic E-state index is 13.1. The highest BCUT2D eigenvalue weighted by molar-refractivity contribution is 7.99. The second-order valence-electron chi connectivity index (χ2n) is 6.03. The van der Waals surface area contributed by atoms with Crippen LogP contribution in [-0.2, 0) is 4.79 Å². The SMILES string of the molecule is Cc1nnc(SCC(=O)NC2CCCCC2)n1-c1ccc(F)cc1. The summed E-state index contributed by atoms with van der Waals surface area (Å²) >= 11 is 1.35. The molecular formula is C17H21FN4OS. The molecule has 1 aliphatic carbocycles. The third kappa shape index (κ3) is 4.14. The summed E-state index contributed by atoms with van der Waals surface area (Å²) in [6.07, 6.45) is 5.79. The lowest BCUT2D eigenvalue weighted by molar-refractivity contribution is -0.119. The summed E-state index contributed by atoms with van der Waals surface area (Å²) in [4.78, 5) is 12.1. The Morgan fingerprint density at radius 3 is 2.67 bits per heavy atom. The van der Waals surface area contributed by atoms with Crippen molar-refractivity contribution in [2.45, 2.75) is 50.2 Å². The van der Waals surface area contributed by atoms with Gasteiger partial charge in [-0.25, -0.2) is 4.39 Å². The number of nitrogens with zero attached hydrogens (tertiary/aromatic N) is 3. The number of benzene rings is 1. The van der Waals surface area contributed by atoms with E-state index in [2.05, 4.69) is 15.5 Å². The third-order valence-corrected chi connectivity index (χ3v) is 5.11. The molecule has 0 unspecified atom stereocenters. The number of thioether (sulfide) groups is 1. The van der Waals surface area contributed by atoms with Gasteiger partial charge in [-0.05, 0) is 44.0 Å². The predicted molar refractivity (Wildman–Crippen MR) is 91.8 cm³/mol. The summed E-state index contributed by atoms with van der Waals surface area (Å²) in [5, 5.41) is 11.9. The third-order valence-electron chi connectivity index (χ3n) is 4.18. The summed E-state index contributed by atoms with van der Waals surface area (Å²) in [7, 11) is 0. The highest BCUT2D eigenvalue weighted by Crippen LogP contribution is 2.22. The molecule has 0 aliphatic heterocycles. The van der Waals surface area contributed by atoms with Crippen LogP contribution in [0.2, 0.25) is 0 Å². The number of aromatic nitrogens is 3. The molecule has 1 saturated carbocycles. The fourth-order valence-corrected chi connectivity index (χ4v) is 3.78. The summed E-state index contributed by atoms with van der Waals surface area (Å²) in [5.41, 5.74) is 0.786. The molecule has 2 aromatic rings. The highest BCUT2D eigenvalue weighted by atomic mass is 32.2. The number of aryl methyl sites for hydroxylation is 1. The maximum absolute atomic E-state index is 13.1. The van der Waals surface area contributed by atoms with E-state index in [9.17, 15) is 9.18 Å². The van der Waals surface area contributed by atoms with Crippen LogP contribution in [-0.4, -0.2) is 32.5 Å². The van der Waals surface area contributed by atoms with Crippen molar-refractivity contribution in [1.29, 1.82) is 0 Å². The molecule has 1 heterocycles. The van der Waals surface area contributed by atoms with Gasteiger partial charge in [-0.1, -0.05) is 31.0 Å². The maximum Gasteiger partial charge on any atom is 0.230 e. The monoisotopic (exact) mass is 348 g/mol. The number of carbonyl (C=O) groups is 1. The van der Waals surface area contributed by atoms with Crippen LogP contribution >= 0.6 is 11.8 Å². The molecule has 0 bridgehead atoms. The number of amides is 1. The second-order valence-corrected chi connectivity index (χ2v) is 6.98. The number of nitrogens with one attached hydrogen (secondary N) is 1. The molecule has 0 spiro atoms. The number of carbonyl (C=O) groups excluding carboxylic acids is 1. The van der Waals surface area contributed by atoms with Gasteiger partial charge < -0.3 is 5.32 Å². The van der Waals surface area contributed by atoms with E-state index in [1.54, 1.807) is 12.1 Å². The highest BCUT2D eigenvalue weighted by Gasteiger charge is 2.17. The van der Waals surface area contributed by atoms with Gasteiger partial charge in [0.1, 0.15) is 11.6 Å². The van der Waals surface area contributed by atoms with Gasteiger partial charge in [0.25, 0.3) is 0 Å². The van der Waals surface area contributed by atoms with Crippen LogP contribution in [0.4, 0.5) is 4.39 Å². The molecule has 5 nitrogen and oxygen atoms in total. The Kier molecular flexibility index (Phi) is 5.50. The van der Waals surface area contributed by atoms with Gasteiger partial charge in [-0.15, -0.1) is 10.2 Å². The smallest absolute Gasteiger partial charge is 0.230 e. The zero-order chi connectivity index (χ0) is 16.9. The Morgan fingerprint density at radius 2 is 1.96 bits per heavy atom. The van der Waals surface area contributed by atoms with E-state index in [0.717, 1.165) is 18.5 Å². The molecule has 0 atom stereocenters. The molecule has 0 radical (unpaired) electrons. The fraction of sp³-hybridized carbons (Fsp3) is 0.471. The quantitative estimate of drug-likeness (QED) is 0.843. The fourth-order valence-electron chi connectivity index (χ4n) is 2.97. The standard InChI is InChI=1S/C17H21FN4OS/c1-12-20-21-17(22(12)15-9-7-13(18)8-10-15)24-11-16(23)19-14-5-3-2-4-6-14/h7-10,14H,2-6,11H2,1H3,(H,19,23). The first-order valence-electron chi connectivity index (χ1n) is 8.23. The summed E-state index contributed by atoms with van der Waals surface area (Å²) in [6, 6.07) is 6.47. The molecule has 1 aromatic heterocycles. The molecule has 1 aliphatic rings. The lowest BCUT2D eigenvalue weighted by Crippen LogP contribution is -2.37. The van der Waals surface area contributed by atoms with Crippen molar-refractivity contribution in [2.75, 3.05) is 5.75 Å². The van der Waals surface area contributed by atoms with E-state index < -0.39 is 0 Å². The normalized spacial score (nSPS) is 15.4. The molecule has 1 fully saturated rings. The Labute approximate surface area is 145 Å². The van der Waals surface area contributed by atoms with Crippen LogP contribution in [0, 0.1) is 12.7 Å². The Hall–Kier alpha value is -1.89. The zero-order valence-corrected chi connectivity index (χ0v) is 14.5. The average molecular weight is 348 g/mol. The summed E-state index contributed by atoms with van der Waals surface area (Å²) in [5.74, 6) is 0.746. The number of rotatable bonds is 5. The van der Waals surface area contributed by atoms with Gasteiger partial charge in [-0.2, -0.15) is 0 Å². The molecule has 1 N–H and O–H groups in total. The van der Waals surface area contributed by atoms with Crippen molar-refractivity contribution < 1.29 is 9.18 Å². The molecule has 0 saturated heterocycles.